The van der Waals surface area contributed by atoms with E-state index in [1.54, 1.807) is 12.2 Å². The van der Waals surface area contributed by atoms with E-state index in [0.717, 1.165) is 4.57 Å². The van der Waals surface area contributed by atoms with Gasteiger partial charge in [-0.05, 0) is 0 Å². The van der Waals surface area contributed by atoms with Gasteiger partial charge in [-0.15, -0.1) is 13.2 Å². The number of rotatable bonds is 6. The molecule has 0 atom stereocenters. The predicted molar refractivity (Wildman–Crippen MR) is 68.3 cm³/mol. The topological polar surface area (TPSA) is 75.2 Å². The molecule has 0 aliphatic heterocycles. The second-order valence-electron chi connectivity index (χ2n) is 3.61. The average molecular weight is 249 g/mol. The third-order valence-corrected chi connectivity index (χ3v) is 2.25. The lowest BCUT2D eigenvalue weighted by atomic mass is 10.4. The van der Waals surface area contributed by atoms with Gasteiger partial charge in [-0.1, -0.05) is 12.2 Å². The van der Waals surface area contributed by atoms with Crippen LogP contribution in [0, 0.1) is 0 Å². The van der Waals surface area contributed by atoms with Crippen molar-refractivity contribution in [2.75, 3.05) is 13.1 Å². The van der Waals surface area contributed by atoms with Crippen LogP contribution >= 0.6 is 0 Å². The summed E-state index contributed by atoms with van der Waals surface area (Å²) in [5, 5.41) is 0. The first-order valence-electron chi connectivity index (χ1n) is 5.38. The van der Waals surface area contributed by atoms with E-state index in [9.17, 15) is 14.4 Å². The monoisotopic (exact) mass is 249 g/mol. The van der Waals surface area contributed by atoms with Crippen LogP contribution < -0.4 is 11.2 Å². The molecule has 1 aromatic heterocycles. The van der Waals surface area contributed by atoms with Gasteiger partial charge in [0.2, 0.25) is 5.91 Å². The Hall–Kier alpha value is -2.37. The van der Waals surface area contributed by atoms with E-state index in [4.69, 9.17) is 0 Å². The van der Waals surface area contributed by atoms with Gasteiger partial charge < -0.3 is 4.90 Å². The number of nitrogens with one attached hydrogen (secondary N) is 1. The number of nitrogens with zero attached hydrogens (tertiary/aromatic N) is 2. The van der Waals surface area contributed by atoms with Crippen LogP contribution in [0.1, 0.15) is 0 Å². The van der Waals surface area contributed by atoms with Crippen LogP contribution in [0.2, 0.25) is 0 Å². The Bertz CT molecular complexity index is 546. The molecule has 0 saturated carbocycles. The maximum atomic E-state index is 11.9. The molecule has 0 saturated heterocycles. The zero-order valence-corrected chi connectivity index (χ0v) is 9.96. The van der Waals surface area contributed by atoms with E-state index in [2.05, 4.69) is 18.1 Å². The Morgan fingerprint density at radius 2 is 1.94 bits per heavy atom. The highest BCUT2D eigenvalue weighted by molar-refractivity contribution is 5.76. The van der Waals surface area contributed by atoms with Crippen molar-refractivity contribution in [1.82, 2.24) is 14.5 Å². The van der Waals surface area contributed by atoms with E-state index < -0.39 is 11.2 Å². The maximum Gasteiger partial charge on any atom is 0.328 e. The highest BCUT2D eigenvalue weighted by atomic mass is 16.2. The zero-order chi connectivity index (χ0) is 13.5. The minimum Gasteiger partial charge on any atom is -0.334 e. The quantitative estimate of drug-likeness (QED) is 0.706. The number of aromatic nitrogens is 2. The Balaban J connectivity index is 2.84. The van der Waals surface area contributed by atoms with Crippen LogP contribution in [0.3, 0.4) is 0 Å². The molecule has 0 bridgehead atoms. The molecule has 0 aliphatic carbocycles. The van der Waals surface area contributed by atoms with Gasteiger partial charge in [0, 0.05) is 25.4 Å². The lowest BCUT2D eigenvalue weighted by molar-refractivity contribution is -0.130. The van der Waals surface area contributed by atoms with Gasteiger partial charge in [-0.2, -0.15) is 0 Å². The summed E-state index contributed by atoms with van der Waals surface area (Å²) in [4.78, 5) is 37.8. The summed E-state index contributed by atoms with van der Waals surface area (Å²) in [5.74, 6) is -0.246. The van der Waals surface area contributed by atoms with Crippen LogP contribution in [0.4, 0.5) is 0 Å². The third-order valence-electron chi connectivity index (χ3n) is 2.25. The Labute approximate surface area is 104 Å². The molecule has 1 aromatic rings. The minimum atomic E-state index is -0.604. The van der Waals surface area contributed by atoms with Crippen LogP contribution in [-0.2, 0) is 11.3 Å². The number of hydrogen-bond donors (Lipinski definition) is 1. The summed E-state index contributed by atoms with van der Waals surface area (Å²) in [5.41, 5.74) is -1.09. The first kappa shape index (κ1) is 13.7. The van der Waals surface area contributed by atoms with Gasteiger partial charge in [0.05, 0.1) is 0 Å². The van der Waals surface area contributed by atoms with Gasteiger partial charge in [-0.25, -0.2) is 4.79 Å². The lowest BCUT2D eigenvalue weighted by Crippen LogP contribution is -2.38. The number of carbonyl (C=O) groups excluding carboxylic acids is 1. The summed E-state index contributed by atoms with van der Waals surface area (Å²) in [6.07, 6.45) is 4.48. The SMILES string of the molecule is C=CCN(CC=C)C(=O)Cn1ccc(=O)[nH]c1=O. The van der Waals surface area contributed by atoms with Crippen LogP contribution in [-0.4, -0.2) is 33.4 Å². The van der Waals surface area contributed by atoms with Crippen molar-refractivity contribution < 1.29 is 4.79 Å². The molecule has 18 heavy (non-hydrogen) atoms. The molecule has 6 heteroatoms. The Morgan fingerprint density at radius 1 is 1.33 bits per heavy atom. The number of aromatic amines is 1. The lowest BCUT2D eigenvalue weighted by Gasteiger charge is -2.19. The van der Waals surface area contributed by atoms with Crippen molar-refractivity contribution in [3.05, 3.63) is 58.4 Å². The molecule has 6 nitrogen and oxygen atoms in total. The van der Waals surface area contributed by atoms with Crippen molar-refractivity contribution in [3.63, 3.8) is 0 Å². The fourth-order valence-electron chi connectivity index (χ4n) is 1.40. The molecule has 0 spiro atoms. The molecule has 1 rings (SSSR count). The normalized spacial score (nSPS) is 9.78. The van der Waals surface area contributed by atoms with E-state index >= 15 is 0 Å². The van der Waals surface area contributed by atoms with Crippen LogP contribution in [0.5, 0.6) is 0 Å². The molecule has 1 amide bonds. The molecule has 0 radical (unpaired) electrons. The number of amides is 1. The highest BCUT2D eigenvalue weighted by Crippen LogP contribution is 1.93. The second-order valence-corrected chi connectivity index (χ2v) is 3.61. The fourth-order valence-corrected chi connectivity index (χ4v) is 1.40. The van der Waals surface area contributed by atoms with E-state index in [0.29, 0.717) is 13.1 Å². The smallest absolute Gasteiger partial charge is 0.328 e. The van der Waals surface area contributed by atoms with Crippen molar-refractivity contribution in [2.24, 2.45) is 0 Å². The van der Waals surface area contributed by atoms with E-state index in [1.807, 2.05) is 0 Å². The van der Waals surface area contributed by atoms with Crippen molar-refractivity contribution >= 4 is 5.91 Å². The minimum absolute atomic E-state index is 0.128. The first-order valence-corrected chi connectivity index (χ1v) is 5.38. The molecule has 0 aliphatic rings. The van der Waals surface area contributed by atoms with Crippen molar-refractivity contribution in [2.45, 2.75) is 6.54 Å². The maximum absolute atomic E-state index is 11.9. The van der Waals surface area contributed by atoms with Crippen LogP contribution in [0.25, 0.3) is 0 Å². The van der Waals surface area contributed by atoms with Crippen molar-refractivity contribution in [1.29, 1.82) is 0 Å². The number of hydrogen-bond acceptors (Lipinski definition) is 3. The third kappa shape index (κ3) is 3.58. The fraction of sp³-hybridized carbons (Fsp3) is 0.250. The molecular formula is C12H15N3O3. The highest BCUT2D eigenvalue weighted by Gasteiger charge is 2.11. The summed E-state index contributed by atoms with van der Waals surface area (Å²) >= 11 is 0. The molecular weight excluding hydrogens is 234 g/mol. The summed E-state index contributed by atoms with van der Waals surface area (Å²) in [7, 11) is 0. The standard InChI is InChI=1S/C12H15N3O3/c1-3-6-14(7-4-2)11(17)9-15-8-5-10(16)13-12(15)18/h3-5,8H,1-2,6-7,9H2,(H,13,16,18). The molecule has 0 unspecified atom stereocenters. The zero-order valence-electron chi connectivity index (χ0n) is 9.96. The van der Waals surface area contributed by atoms with Gasteiger partial charge in [0.25, 0.3) is 5.56 Å². The number of carbonyl (C=O) groups is 1. The molecule has 1 N–H and O–H groups in total. The molecule has 1 heterocycles. The van der Waals surface area contributed by atoms with Gasteiger partial charge in [0.15, 0.2) is 0 Å². The second kappa shape index (κ2) is 6.39. The summed E-state index contributed by atoms with van der Waals surface area (Å²) < 4.78 is 1.14. The van der Waals surface area contributed by atoms with Gasteiger partial charge in [0.1, 0.15) is 6.54 Å². The van der Waals surface area contributed by atoms with Crippen LogP contribution in [0.15, 0.2) is 47.2 Å². The first-order chi connectivity index (χ1) is 8.58. The van der Waals surface area contributed by atoms with E-state index in [1.165, 1.54) is 17.2 Å². The Kier molecular flexibility index (Phi) is 4.86. The predicted octanol–water partition coefficient (Wildman–Crippen LogP) is -0.263. The van der Waals surface area contributed by atoms with Gasteiger partial charge >= 0.3 is 5.69 Å². The summed E-state index contributed by atoms with van der Waals surface area (Å²) in [6.45, 7) is 7.74. The van der Waals surface area contributed by atoms with Gasteiger partial charge in [-0.3, -0.25) is 19.1 Å². The molecule has 96 valence electrons. The van der Waals surface area contributed by atoms with E-state index in [-0.39, 0.29) is 12.5 Å². The van der Waals surface area contributed by atoms with Crippen molar-refractivity contribution in [3.8, 4) is 0 Å². The summed E-state index contributed by atoms with van der Waals surface area (Å²) in [6, 6.07) is 1.19. The average Bonchev–Trinajstić information content (AvgIpc) is 2.32. The molecule has 0 aromatic carbocycles. The number of H-pyrrole nitrogens is 1. The molecule has 0 fully saturated rings. The Morgan fingerprint density at radius 3 is 2.44 bits per heavy atom. The largest absolute Gasteiger partial charge is 0.334 e.